The summed E-state index contributed by atoms with van der Waals surface area (Å²) in [6.45, 7) is 0.565. The van der Waals surface area contributed by atoms with Crippen LogP contribution in [0.3, 0.4) is 0 Å². The molecule has 1 aliphatic carbocycles. The van der Waals surface area contributed by atoms with E-state index in [4.69, 9.17) is 4.74 Å². The fourth-order valence-corrected chi connectivity index (χ4v) is 3.39. The van der Waals surface area contributed by atoms with Crippen LogP contribution in [0.2, 0.25) is 0 Å². The number of benzene rings is 1. The molecule has 0 heterocycles. The van der Waals surface area contributed by atoms with Crippen molar-refractivity contribution in [1.82, 2.24) is 0 Å². The van der Waals surface area contributed by atoms with E-state index in [1.165, 1.54) is 31.7 Å². The lowest BCUT2D eigenvalue weighted by molar-refractivity contribution is 0.144. The molecule has 0 aliphatic heterocycles. The van der Waals surface area contributed by atoms with Gasteiger partial charge in [0.2, 0.25) is 0 Å². The van der Waals surface area contributed by atoms with Gasteiger partial charge >= 0.3 is 0 Å². The first-order valence-corrected chi connectivity index (χ1v) is 8.26. The highest BCUT2D eigenvalue weighted by Gasteiger charge is 2.30. The van der Waals surface area contributed by atoms with Gasteiger partial charge in [0.25, 0.3) is 0 Å². The monoisotopic (exact) mass is 346 g/mol. The highest BCUT2D eigenvalue weighted by Crippen LogP contribution is 2.37. The van der Waals surface area contributed by atoms with Crippen LogP contribution < -0.4 is 4.74 Å². The second-order valence-electron chi connectivity index (χ2n) is 5.44. The molecule has 1 aromatic rings. The van der Waals surface area contributed by atoms with E-state index < -0.39 is 0 Å². The molecule has 0 radical (unpaired) electrons. The Morgan fingerprint density at radius 3 is 2.47 bits per heavy atom. The average Bonchev–Trinajstić information content (AvgIpc) is 2.64. The van der Waals surface area contributed by atoms with Crippen molar-refractivity contribution >= 4 is 28.6 Å². The maximum absolute atomic E-state index is 13.7. The Morgan fingerprint density at radius 2 is 1.89 bits per heavy atom. The average molecular weight is 347 g/mol. The van der Waals surface area contributed by atoms with Gasteiger partial charge in [0, 0.05) is 9.89 Å². The lowest BCUT2D eigenvalue weighted by Gasteiger charge is -2.31. The van der Waals surface area contributed by atoms with Crippen LogP contribution in [0.25, 0.3) is 0 Å². The summed E-state index contributed by atoms with van der Waals surface area (Å²) in [5.74, 6) is 0.844. The second kappa shape index (κ2) is 6.98. The van der Waals surface area contributed by atoms with E-state index in [-0.39, 0.29) is 11.2 Å². The Morgan fingerprint density at radius 1 is 1.21 bits per heavy atom. The Balaban J connectivity index is 2.02. The number of ether oxygens (including phenoxy) is 1. The van der Waals surface area contributed by atoms with Crippen molar-refractivity contribution in [2.24, 2.45) is 5.41 Å². The minimum Gasteiger partial charge on any atom is -0.490 e. The molecule has 19 heavy (non-hydrogen) atoms. The van der Waals surface area contributed by atoms with Gasteiger partial charge in [-0.05, 0) is 36.8 Å². The Bertz CT molecular complexity index is 417. The van der Waals surface area contributed by atoms with Crippen molar-refractivity contribution in [3.63, 3.8) is 0 Å². The number of halogens is 2. The Labute approximate surface area is 128 Å². The molecule has 0 saturated heterocycles. The topological polar surface area (TPSA) is 9.23 Å². The molecule has 0 unspecified atom stereocenters. The van der Waals surface area contributed by atoms with Gasteiger partial charge in [0.05, 0.1) is 6.61 Å². The Kier molecular flexibility index (Phi) is 5.58. The van der Waals surface area contributed by atoms with Gasteiger partial charge in [0.1, 0.15) is 0 Å². The van der Waals surface area contributed by atoms with Gasteiger partial charge in [-0.25, -0.2) is 4.39 Å². The predicted molar refractivity (Wildman–Crippen MR) is 83.6 cm³/mol. The first-order chi connectivity index (χ1) is 9.15. The maximum Gasteiger partial charge on any atom is 0.166 e. The number of hydrogen-bond donors (Lipinski definition) is 1. The number of hydrogen-bond acceptors (Lipinski definition) is 2. The number of rotatable bonds is 4. The van der Waals surface area contributed by atoms with Crippen LogP contribution in [-0.2, 0) is 0 Å². The van der Waals surface area contributed by atoms with Gasteiger partial charge in [-0.3, -0.25) is 0 Å². The van der Waals surface area contributed by atoms with Crippen molar-refractivity contribution in [3.8, 4) is 5.75 Å². The third-order valence-electron chi connectivity index (χ3n) is 3.93. The molecule has 0 amide bonds. The highest BCUT2D eigenvalue weighted by molar-refractivity contribution is 9.10. The molecule has 0 atom stereocenters. The molecule has 1 nitrogen and oxygen atoms in total. The van der Waals surface area contributed by atoms with Crippen molar-refractivity contribution in [2.45, 2.75) is 38.5 Å². The first kappa shape index (κ1) is 15.2. The van der Waals surface area contributed by atoms with E-state index >= 15 is 0 Å². The summed E-state index contributed by atoms with van der Waals surface area (Å²) in [6.07, 6.45) is 7.31. The second-order valence-corrected chi connectivity index (χ2v) is 6.67. The fourth-order valence-electron chi connectivity index (χ4n) is 2.65. The Hall–Kier alpha value is -0.220. The van der Waals surface area contributed by atoms with Crippen molar-refractivity contribution < 1.29 is 9.13 Å². The lowest BCUT2D eigenvalue weighted by atomic mass is 9.83. The SMILES string of the molecule is Fc1cc(Br)ccc1OCC1(CS)CCCCCC1. The molecule has 106 valence electrons. The molecular formula is C15H20BrFOS. The zero-order chi connectivity index (χ0) is 13.7. The normalized spacial score (nSPS) is 18.9. The van der Waals surface area contributed by atoms with Crippen LogP contribution in [-0.4, -0.2) is 12.4 Å². The molecule has 1 aromatic carbocycles. The third kappa shape index (κ3) is 4.12. The zero-order valence-electron chi connectivity index (χ0n) is 11.0. The summed E-state index contributed by atoms with van der Waals surface area (Å²) in [5.41, 5.74) is 0.110. The van der Waals surface area contributed by atoms with Crippen LogP contribution in [0.15, 0.2) is 22.7 Å². The highest BCUT2D eigenvalue weighted by atomic mass is 79.9. The fraction of sp³-hybridized carbons (Fsp3) is 0.600. The van der Waals surface area contributed by atoms with E-state index in [0.29, 0.717) is 12.4 Å². The summed E-state index contributed by atoms with van der Waals surface area (Å²) >= 11 is 7.76. The minimum atomic E-state index is -0.308. The summed E-state index contributed by atoms with van der Waals surface area (Å²) in [4.78, 5) is 0. The summed E-state index contributed by atoms with van der Waals surface area (Å²) in [7, 11) is 0. The van der Waals surface area contributed by atoms with Gasteiger partial charge in [-0.1, -0.05) is 41.6 Å². The zero-order valence-corrected chi connectivity index (χ0v) is 13.5. The molecule has 0 aromatic heterocycles. The molecule has 1 fully saturated rings. The molecule has 1 saturated carbocycles. The van der Waals surface area contributed by atoms with E-state index in [1.54, 1.807) is 12.1 Å². The lowest BCUT2D eigenvalue weighted by Crippen LogP contribution is -2.30. The first-order valence-electron chi connectivity index (χ1n) is 6.84. The van der Waals surface area contributed by atoms with E-state index in [2.05, 4.69) is 28.6 Å². The molecule has 0 N–H and O–H groups in total. The third-order valence-corrected chi connectivity index (χ3v) is 5.09. The quantitative estimate of drug-likeness (QED) is 0.579. The van der Waals surface area contributed by atoms with Gasteiger partial charge in [0.15, 0.2) is 11.6 Å². The van der Waals surface area contributed by atoms with Gasteiger partial charge < -0.3 is 4.74 Å². The molecule has 0 bridgehead atoms. The van der Waals surface area contributed by atoms with E-state index in [9.17, 15) is 4.39 Å². The van der Waals surface area contributed by atoms with Crippen LogP contribution >= 0.6 is 28.6 Å². The largest absolute Gasteiger partial charge is 0.490 e. The van der Waals surface area contributed by atoms with Crippen LogP contribution in [0.5, 0.6) is 5.75 Å². The van der Waals surface area contributed by atoms with Crippen molar-refractivity contribution in [3.05, 3.63) is 28.5 Å². The van der Waals surface area contributed by atoms with Crippen LogP contribution in [0.1, 0.15) is 38.5 Å². The van der Waals surface area contributed by atoms with Crippen LogP contribution in [0.4, 0.5) is 4.39 Å². The summed E-state index contributed by atoms with van der Waals surface area (Å²) < 4.78 is 20.2. The molecule has 1 aliphatic rings. The standard InChI is InChI=1S/C15H20BrFOS/c16-12-5-6-14(13(17)9-12)18-10-15(11-19)7-3-1-2-4-8-15/h5-6,9,19H,1-4,7-8,10-11H2. The predicted octanol–water partition coefficient (Wildman–Crippen LogP) is 5.24. The van der Waals surface area contributed by atoms with Gasteiger partial charge in [-0.15, -0.1) is 0 Å². The smallest absolute Gasteiger partial charge is 0.166 e. The van der Waals surface area contributed by atoms with Crippen molar-refractivity contribution in [1.29, 1.82) is 0 Å². The molecule has 0 spiro atoms. The summed E-state index contributed by atoms with van der Waals surface area (Å²) in [6, 6.07) is 4.93. The number of thiol groups is 1. The summed E-state index contributed by atoms with van der Waals surface area (Å²) in [5, 5.41) is 0. The molecule has 4 heteroatoms. The minimum absolute atomic E-state index is 0.110. The molecule has 2 rings (SSSR count). The van der Waals surface area contributed by atoms with Crippen molar-refractivity contribution in [2.75, 3.05) is 12.4 Å². The maximum atomic E-state index is 13.7. The van der Waals surface area contributed by atoms with Crippen LogP contribution in [0, 0.1) is 11.2 Å². The van der Waals surface area contributed by atoms with E-state index in [1.807, 2.05) is 0 Å². The van der Waals surface area contributed by atoms with Gasteiger partial charge in [-0.2, -0.15) is 12.6 Å². The van der Waals surface area contributed by atoms with E-state index in [0.717, 1.165) is 23.1 Å². The molecular weight excluding hydrogens is 327 g/mol.